The van der Waals surface area contributed by atoms with Gasteiger partial charge in [-0.1, -0.05) is 149 Å². The predicted octanol–water partition coefficient (Wildman–Crippen LogP) is 11.5. The number of hydrogen-bond acceptors (Lipinski definition) is 6. The van der Waals surface area contributed by atoms with Crippen LogP contribution in [0, 0.1) is 0 Å². The zero-order valence-corrected chi connectivity index (χ0v) is 37.4. The Hall–Kier alpha value is -2.84. The third kappa shape index (κ3) is 41.1. The number of carbonyl (C=O) groups excluding carboxylic acids is 1. The Kier molecular flexibility index (Phi) is 36.7. The van der Waals surface area contributed by atoms with Gasteiger partial charge in [0.2, 0.25) is 5.91 Å². The number of rotatable bonds is 37. The molecule has 3 unspecified atom stereocenters. The van der Waals surface area contributed by atoms with Crippen LogP contribution in [0.25, 0.3) is 0 Å². The molecule has 0 heterocycles. The molecule has 8 nitrogen and oxygen atoms in total. The maximum atomic E-state index is 12.8. The summed E-state index contributed by atoms with van der Waals surface area (Å²) in [5.74, 6) is -0.244. The Bertz CT molecular complexity index is 1290. The summed E-state index contributed by atoms with van der Waals surface area (Å²) in [6.07, 6.45) is 55.7. The number of quaternary nitrogens is 1. The van der Waals surface area contributed by atoms with Crippen molar-refractivity contribution in [1.29, 1.82) is 0 Å². The molecule has 0 fully saturated rings. The molecule has 57 heavy (non-hydrogen) atoms. The summed E-state index contributed by atoms with van der Waals surface area (Å²) in [5, 5.41) is 13.7. The number of unbranched alkanes of at least 4 members (excludes halogenated alkanes) is 8. The van der Waals surface area contributed by atoms with E-state index in [1.807, 2.05) is 27.2 Å². The Morgan fingerprint density at radius 1 is 0.632 bits per heavy atom. The number of nitrogens with one attached hydrogen (secondary N) is 1. The minimum Gasteiger partial charge on any atom is -0.756 e. The largest absolute Gasteiger partial charge is 0.756 e. The van der Waals surface area contributed by atoms with E-state index in [-0.39, 0.29) is 12.5 Å². The molecule has 0 bridgehead atoms. The van der Waals surface area contributed by atoms with Crippen LogP contribution in [0.5, 0.6) is 0 Å². The van der Waals surface area contributed by atoms with E-state index in [1.54, 1.807) is 6.08 Å². The van der Waals surface area contributed by atoms with Crippen LogP contribution in [-0.4, -0.2) is 68.5 Å². The summed E-state index contributed by atoms with van der Waals surface area (Å²) in [5.41, 5.74) is 0. The van der Waals surface area contributed by atoms with E-state index in [1.165, 1.54) is 12.8 Å². The Balaban J connectivity index is 4.51. The van der Waals surface area contributed by atoms with Gasteiger partial charge in [0, 0.05) is 6.42 Å². The average Bonchev–Trinajstić information content (AvgIpc) is 3.16. The van der Waals surface area contributed by atoms with Crippen LogP contribution in [0.3, 0.4) is 0 Å². The number of phosphoric acid groups is 1. The molecule has 3 atom stereocenters. The van der Waals surface area contributed by atoms with Gasteiger partial charge in [-0.05, 0) is 89.9 Å². The first-order valence-corrected chi connectivity index (χ1v) is 23.2. The van der Waals surface area contributed by atoms with Gasteiger partial charge in [0.15, 0.2) is 0 Å². The van der Waals surface area contributed by atoms with Gasteiger partial charge in [-0.25, -0.2) is 0 Å². The molecule has 0 aromatic heterocycles. The molecule has 0 rings (SSSR count). The number of allylic oxidation sites excluding steroid dienone is 17. The average molecular weight is 813 g/mol. The molecular weight excluding hydrogens is 732 g/mol. The first-order valence-electron chi connectivity index (χ1n) is 21.7. The van der Waals surface area contributed by atoms with Crippen LogP contribution in [0.1, 0.15) is 136 Å². The third-order valence-corrected chi connectivity index (χ3v) is 9.66. The van der Waals surface area contributed by atoms with Gasteiger partial charge in [-0.2, -0.15) is 0 Å². The van der Waals surface area contributed by atoms with E-state index < -0.39 is 26.6 Å². The molecule has 0 spiro atoms. The van der Waals surface area contributed by atoms with Crippen LogP contribution in [0.4, 0.5) is 0 Å². The van der Waals surface area contributed by atoms with Gasteiger partial charge in [-0.15, -0.1) is 0 Å². The first-order chi connectivity index (χ1) is 27.5. The lowest BCUT2D eigenvalue weighted by atomic mass is 10.1. The smallest absolute Gasteiger partial charge is 0.268 e. The highest BCUT2D eigenvalue weighted by atomic mass is 31.2. The third-order valence-electron chi connectivity index (χ3n) is 8.69. The second-order valence-electron chi connectivity index (χ2n) is 15.3. The van der Waals surface area contributed by atoms with Crippen molar-refractivity contribution in [3.05, 3.63) is 109 Å². The molecule has 1 amide bonds. The molecule has 324 valence electrons. The van der Waals surface area contributed by atoms with Crippen LogP contribution in [-0.2, 0) is 18.4 Å². The number of phosphoric ester groups is 1. The fourth-order valence-corrected chi connectivity index (χ4v) is 5.95. The molecule has 0 aromatic carbocycles. The van der Waals surface area contributed by atoms with E-state index in [2.05, 4.69) is 116 Å². The van der Waals surface area contributed by atoms with Crippen molar-refractivity contribution in [1.82, 2.24) is 5.32 Å². The maximum absolute atomic E-state index is 12.8. The Morgan fingerprint density at radius 3 is 1.61 bits per heavy atom. The van der Waals surface area contributed by atoms with Crippen molar-refractivity contribution in [3.8, 4) is 0 Å². The minimum atomic E-state index is -4.61. The summed E-state index contributed by atoms with van der Waals surface area (Å²) in [4.78, 5) is 25.3. The zero-order chi connectivity index (χ0) is 42.1. The summed E-state index contributed by atoms with van der Waals surface area (Å²) in [6, 6.07) is -0.929. The molecular formula is C48H81N2O6P. The fourth-order valence-electron chi connectivity index (χ4n) is 5.23. The van der Waals surface area contributed by atoms with Crippen molar-refractivity contribution in [2.45, 2.75) is 148 Å². The van der Waals surface area contributed by atoms with Gasteiger partial charge in [-0.3, -0.25) is 9.36 Å². The van der Waals surface area contributed by atoms with Crippen molar-refractivity contribution in [2.75, 3.05) is 40.9 Å². The molecule has 0 radical (unpaired) electrons. The van der Waals surface area contributed by atoms with Gasteiger partial charge in [0.05, 0.1) is 39.9 Å². The summed E-state index contributed by atoms with van der Waals surface area (Å²) in [7, 11) is 1.19. The minimum absolute atomic E-state index is 0.0213. The first kappa shape index (κ1) is 54.2. The fraction of sp³-hybridized carbons (Fsp3) is 0.604. The van der Waals surface area contributed by atoms with Gasteiger partial charge in [0.25, 0.3) is 7.82 Å². The molecule has 0 aliphatic heterocycles. The Labute approximate surface area is 349 Å². The van der Waals surface area contributed by atoms with Crippen LogP contribution in [0.2, 0.25) is 0 Å². The standard InChI is InChI=1S/C48H81N2O6P/c1-6-8-10-12-14-16-18-20-21-22-23-24-25-26-27-28-29-30-32-34-36-38-40-42-48(52)49-46(45-56-57(53,54)55-44-43-50(3,4)5)47(51)41-39-37-35-33-31-19-17-15-13-11-9-7-2/h8,10,13-16,20-21,23-24,26-27,29-31,33,39,41,46-47,51H,6-7,9,11-12,17-19,22,25,28,32,34-38,40,42-45H2,1-5H3,(H-,49,52,53,54)/b10-8-,15-13+,16-14-,21-20-,24-23-,27-26-,30-29-,33-31+,41-39+. The van der Waals surface area contributed by atoms with Crippen molar-refractivity contribution in [3.63, 3.8) is 0 Å². The highest BCUT2D eigenvalue weighted by molar-refractivity contribution is 7.45. The van der Waals surface area contributed by atoms with Crippen molar-refractivity contribution in [2.24, 2.45) is 0 Å². The van der Waals surface area contributed by atoms with Gasteiger partial charge < -0.3 is 28.8 Å². The number of carbonyl (C=O) groups is 1. The van der Waals surface area contributed by atoms with Crippen LogP contribution >= 0.6 is 7.82 Å². The SMILES string of the molecule is CC/C=C\C/C=C\C/C=C\C/C=C\C/C=C\C/C=C\CCCCCCC(=O)NC(COP(=O)([O-])OCC[N+](C)(C)C)C(O)/C=C/CC/C=C/CC/C=C/CCCC. The Morgan fingerprint density at radius 2 is 1.09 bits per heavy atom. The van der Waals surface area contributed by atoms with E-state index in [0.29, 0.717) is 30.3 Å². The molecule has 0 aliphatic carbocycles. The van der Waals surface area contributed by atoms with E-state index in [4.69, 9.17) is 9.05 Å². The van der Waals surface area contributed by atoms with Crippen molar-refractivity contribution >= 4 is 13.7 Å². The van der Waals surface area contributed by atoms with E-state index >= 15 is 0 Å². The molecule has 0 aromatic rings. The molecule has 0 aliphatic rings. The lowest BCUT2D eigenvalue weighted by Crippen LogP contribution is -2.45. The summed E-state index contributed by atoms with van der Waals surface area (Å²) in [6.45, 7) is 4.39. The summed E-state index contributed by atoms with van der Waals surface area (Å²) >= 11 is 0. The monoisotopic (exact) mass is 813 g/mol. The number of nitrogens with zero attached hydrogens (tertiary/aromatic N) is 1. The normalized spacial score (nSPS) is 15.4. The second-order valence-corrected chi connectivity index (χ2v) is 16.7. The van der Waals surface area contributed by atoms with E-state index in [0.717, 1.165) is 89.9 Å². The van der Waals surface area contributed by atoms with E-state index in [9.17, 15) is 19.4 Å². The lowest BCUT2D eigenvalue weighted by Gasteiger charge is -2.29. The second kappa shape index (κ2) is 38.7. The number of amides is 1. The molecule has 0 saturated heterocycles. The molecule has 2 N–H and O–H groups in total. The predicted molar refractivity (Wildman–Crippen MR) is 242 cm³/mol. The molecule has 0 saturated carbocycles. The topological polar surface area (TPSA) is 108 Å². The highest BCUT2D eigenvalue weighted by Gasteiger charge is 2.23. The highest BCUT2D eigenvalue weighted by Crippen LogP contribution is 2.38. The number of likely N-dealkylation sites (N-methyl/N-ethyl adjacent to an activating group) is 1. The lowest BCUT2D eigenvalue weighted by molar-refractivity contribution is -0.870. The zero-order valence-electron chi connectivity index (χ0n) is 36.5. The van der Waals surface area contributed by atoms with Crippen LogP contribution < -0.4 is 10.2 Å². The van der Waals surface area contributed by atoms with Gasteiger partial charge >= 0.3 is 0 Å². The van der Waals surface area contributed by atoms with Crippen LogP contribution in [0.15, 0.2) is 109 Å². The quantitative estimate of drug-likeness (QED) is 0.0280. The van der Waals surface area contributed by atoms with Crippen molar-refractivity contribution < 1.29 is 32.9 Å². The number of hydrogen-bond donors (Lipinski definition) is 2. The van der Waals surface area contributed by atoms with Gasteiger partial charge in [0.1, 0.15) is 13.2 Å². The summed E-state index contributed by atoms with van der Waals surface area (Å²) < 4.78 is 23.1. The number of aliphatic hydroxyl groups excluding tert-OH is 1. The maximum Gasteiger partial charge on any atom is 0.268 e. The molecule has 9 heteroatoms. The number of aliphatic hydroxyl groups is 1.